The first-order valence-electron chi connectivity index (χ1n) is 12.1. The van der Waals surface area contributed by atoms with E-state index in [0.29, 0.717) is 5.69 Å². The van der Waals surface area contributed by atoms with Crippen LogP contribution in [-0.4, -0.2) is 41.2 Å². The molecule has 8 heteroatoms. The van der Waals surface area contributed by atoms with Crippen molar-refractivity contribution in [2.24, 2.45) is 23.7 Å². The van der Waals surface area contributed by atoms with Gasteiger partial charge in [-0.3, -0.25) is 19.3 Å². The predicted octanol–water partition coefficient (Wildman–Crippen LogP) is 3.97. The lowest BCUT2D eigenvalue weighted by molar-refractivity contribution is -0.160. The number of carbonyl (C=O) groups excluding carboxylic acids is 4. The van der Waals surface area contributed by atoms with Gasteiger partial charge in [0.25, 0.3) is 5.91 Å². The molecule has 1 saturated carbocycles. The van der Waals surface area contributed by atoms with Crippen molar-refractivity contribution in [3.63, 3.8) is 0 Å². The van der Waals surface area contributed by atoms with E-state index in [-0.39, 0.29) is 30.1 Å². The van der Waals surface area contributed by atoms with Crippen molar-refractivity contribution in [3.05, 3.63) is 75.8 Å². The minimum Gasteiger partial charge on any atom is -0.454 e. The molecule has 0 aromatic heterocycles. The van der Waals surface area contributed by atoms with E-state index >= 15 is 0 Å². The fourth-order valence-corrected chi connectivity index (χ4v) is 6.03. The van der Waals surface area contributed by atoms with E-state index in [2.05, 4.69) is 21.2 Å². The zero-order valence-electron chi connectivity index (χ0n) is 20.1. The maximum Gasteiger partial charge on any atom is 0.330 e. The van der Waals surface area contributed by atoms with Crippen LogP contribution in [0, 0.1) is 37.5 Å². The molecule has 3 aliphatic rings. The summed E-state index contributed by atoms with van der Waals surface area (Å²) in [5.41, 5.74) is 3.31. The molecular weight excluding hydrogens is 524 g/mol. The van der Waals surface area contributed by atoms with Crippen LogP contribution in [0.4, 0.5) is 5.69 Å². The Morgan fingerprint density at radius 1 is 1.03 bits per heavy atom. The Bertz CT molecular complexity index is 1220. The molecule has 1 heterocycles. The molecule has 0 unspecified atom stereocenters. The maximum absolute atomic E-state index is 13.4. The van der Waals surface area contributed by atoms with Crippen molar-refractivity contribution in [1.82, 2.24) is 4.90 Å². The molecule has 1 N–H and O–H groups in total. The highest BCUT2D eigenvalue weighted by molar-refractivity contribution is 9.10. The van der Waals surface area contributed by atoms with Crippen LogP contribution in [0.2, 0.25) is 0 Å². The number of likely N-dealkylation sites (tertiary alicyclic amines) is 1. The van der Waals surface area contributed by atoms with Gasteiger partial charge in [0.2, 0.25) is 11.8 Å². The summed E-state index contributed by atoms with van der Waals surface area (Å²) in [5, 5.41) is 2.74. The van der Waals surface area contributed by atoms with E-state index in [4.69, 9.17) is 4.74 Å². The zero-order valence-corrected chi connectivity index (χ0v) is 21.7. The van der Waals surface area contributed by atoms with Gasteiger partial charge in [0.05, 0.1) is 11.8 Å². The minimum atomic E-state index is -1.12. The number of halogens is 1. The average molecular weight is 551 g/mol. The molecule has 2 bridgehead atoms. The van der Waals surface area contributed by atoms with Gasteiger partial charge < -0.3 is 10.1 Å². The Labute approximate surface area is 218 Å². The van der Waals surface area contributed by atoms with Gasteiger partial charge in [0.1, 0.15) is 6.04 Å². The number of anilines is 1. The zero-order chi connectivity index (χ0) is 25.6. The molecule has 2 aromatic rings. The lowest BCUT2D eigenvalue weighted by atomic mass is 9.85. The van der Waals surface area contributed by atoms with Crippen molar-refractivity contribution < 1.29 is 23.9 Å². The monoisotopic (exact) mass is 550 g/mol. The summed E-state index contributed by atoms with van der Waals surface area (Å²) in [6.45, 7) is 3.32. The summed E-state index contributed by atoms with van der Waals surface area (Å²) in [4.78, 5) is 53.7. The highest BCUT2D eigenvalue weighted by Crippen LogP contribution is 2.53. The minimum absolute atomic E-state index is 0.0402. The number of amides is 3. The molecule has 186 valence electrons. The molecule has 1 saturated heterocycles. The first kappa shape index (κ1) is 24.4. The fourth-order valence-electron chi connectivity index (χ4n) is 5.80. The summed E-state index contributed by atoms with van der Waals surface area (Å²) in [6.07, 6.45) is 4.97. The van der Waals surface area contributed by atoms with Gasteiger partial charge in [0, 0.05) is 16.6 Å². The van der Waals surface area contributed by atoms with E-state index in [9.17, 15) is 19.2 Å². The van der Waals surface area contributed by atoms with E-state index in [1.54, 1.807) is 0 Å². The van der Waals surface area contributed by atoms with Crippen LogP contribution in [-0.2, 0) is 30.3 Å². The highest BCUT2D eigenvalue weighted by atomic mass is 79.9. The van der Waals surface area contributed by atoms with Crippen molar-refractivity contribution in [1.29, 1.82) is 0 Å². The number of hydrogen-bond donors (Lipinski definition) is 1. The SMILES string of the molecule is Cc1cc(NC(=O)COC(=O)[C@H](Cc2ccccc2)N2C(=O)[C@H]3[C@H](C2=O)[C@H]2C=C[C@H]3C2)cc(C)c1Br. The van der Waals surface area contributed by atoms with Crippen LogP contribution in [0.15, 0.2) is 59.1 Å². The first-order chi connectivity index (χ1) is 17.2. The Morgan fingerprint density at radius 3 is 2.19 bits per heavy atom. The molecule has 2 fully saturated rings. The van der Waals surface area contributed by atoms with Gasteiger partial charge in [-0.2, -0.15) is 0 Å². The average Bonchev–Trinajstić information content (AvgIpc) is 3.54. The van der Waals surface area contributed by atoms with Crippen LogP contribution >= 0.6 is 15.9 Å². The number of carbonyl (C=O) groups is 4. The third kappa shape index (κ3) is 4.39. The lowest BCUT2D eigenvalue weighted by Gasteiger charge is -2.26. The third-order valence-electron chi connectivity index (χ3n) is 7.43. The first-order valence-corrected chi connectivity index (χ1v) is 12.9. The number of allylic oxidation sites excluding steroid dienone is 2. The van der Waals surface area contributed by atoms with Crippen LogP contribution in [0.5, 0.6) is 0 Å². The van der Waals surface area contributed by atoms with Crippen molar-refractivity contribution in [2.45, 2.75) is 32.7 Å². The molecule has 5 atom stereocenters. The smallest absolute Gasteiger partial charge is 0.330 e. The quantitative estimate of drug-likeness (QED) is 0.320. The summed E-state index contributed by atoms with van der Waals surface area (Å²) in [7, 11) is 0. The molecular formula is C28H27BrN2O5. The third-order valence-corrected chi connectivity index (χ3v) is 8.68. The summed E-state index contributed by atoms with van der Waals surface area (Å²) in [5.74, 6) is -2.64. The Kier molecular flexibility index (Phi) is 6.55. The van der Waals surface area contributed by atoms with Crippen molar-refractivity contribution in [3.8, 4) is 0 Å². The topological polar surface area (TPSA) is 92.8 Å². The summed E-state index contributed by atoms with van der Waals surface area (Å²) < 4.78 is 6.34. The van der Waals surface area contributed by atoms with E-state index in [0.717, 1.165) is 32.5 Å². The molecule has 5 rings (SSSR count). The summed E-state index contributed by atoms with van der Waals surface area (Å²) in [6, 6.07) is 11.7. The number of ether oxygens (including phenoxy) is 1. The Hall–Kier alpha value is -3.26. The van der Waals surface area contributed by atoms with Gasteiger partial charge in [-0.05, 0) is 60.9 Å². The van der Waals surface area contributed by atoms with Crippen molar-refractivity contribution in [2.75, 3.05) is 11.9 Å². The summed E-state index contributed by atoms with van der Waals surface area (Å²) >= 11 is 3.50. The lowest BCUT2D eigenvalue weighted by Crippen LogP contribution is -2.48. The highest BCUT2D eigenvalue weighted by Gasteiger charge is 2.61. The van der Waals surface area contributed by atoms with Gasteiger partial charge in [0.15, 0.2) is 6.61 Å². The van der Waals surface area contributed by atoms with Crippen LogP contribution in [0.25, 0.3) is 0 Å². The Morgan fingerprint density at radius 2 is 1.61 bits per heavy atom. The maximum atomic E-state index is 13.4. The van der Waals surface area contributed by atoms with Crippen LogP contribution in [0.1, 0.15) is 23.1 Å². The van der Waals surface area contributed by atoms with Gasteiger partial charge in [-0.25, -0.2) is 4.79 Å². The molecule has 0 spiro atoms. The molecule has 2 aromatic carbocycles. The van der Waals surface area contributed by atoms with Crippen LogP contribution in [0.3, 0.4) is 0 Å². The molecule has 1 aliphatic heterocycles. The molecule has 2 aliphatic carbocycles. The number of nitrogens with one attached hydrogen (secondary N) is 1. The Balaban J connectivity index is 1.31. The predicted molar refractivity (Wildman–Crippen MR) is 137 cm³/mol. The number of rotatable bonds is 7. The number of imide groups is 1. The second-order valence-corrected chi connectivity index (χ2v) is 10.6. The second kappa shape index (κ2) is 9.65. The van der Waals surface area contributed by atoms with E-state index in [1.165, 1.54) is 0 Å². The van der Waals surface area contributed by atoms with Crippen molar-refractivity contribution >= 4 is 45.3 Å². The molecule has 7 nitrogen and oxygen atoms in total. The number of hydrogen-bond acceptors (Lipinski definition) is 5. The van der Waals surface area contributed by atoms with Gasteiger partial charge in [-0.1, -0.05) is 58.4 Å². The number of nitrogens with zero attached hydrogens (tertiary/aromatic N) is 1. The standard InChI is InChI=1S/C28H27BrN2O5/c1-15-10-20(11-16(2)25(15)29)30-22(32)14-36-28(35)21(12-17-6-4-3-5-7-17)31-26(33)23-18-8-9-19(13-18)24(23)27(31)34/h3-11,18-19,21,23-24H,12-14H2,1-2H3,(H,30,32)/t18-,19-,21-,23+,24+/m0/s1. The van der Waals surface area contributed by atoms with Gasteiger partial charge >= 0.3 is 5.97 Å². The number of esters is 1. The number of aryl methyl sites for hydroxylation is 2. The van der Waals surface area contributed by atoms with E-state index in [1.807, 2.05) is 68.5 Å². The molecule has 0 radical (unpaired) electrons. The second-order valence-electron chi connectivity index (χ2n) is 9.83. The van der Waals surface area contributed by atoms with Crippen LogP contribution < -0.4 is 5.32 Å². The number of fused-ring (bicyclic) bond motifs is 5. The number of benzene rings is 2. The van der Waals surface area contributed by atoms with Gasteiger partial charge in [-0.15, -0.1) is 0 Å². The fraction of sp³-hybridized carbons (Fsp3) is 0.357. The normalized spacial score (nSPS) is 24.7. The van der Waals surface area contributed by atoms with E-state index < -0.39 is 36.4 Å². The molecule has 3 amide bonds. The molecule has 36 heavy (non-hydrogen) atoms. The largest absolute Gasteiger partial charge is 0.454 e.